The molecule has 19 heavy (non-hydrogen) atoms. The summed E-state index contributed by atoms with van der Waals surface area (Å²) in [7, 11) is 1.60. The second-order valence-electron chi connectivity index (χ2n) is 4.32. The minimum absolute atomic E-state index is 0.0774. The smallest absolute Gasteiger partial charge is 0.229 e. The van der Waals surface area contributed by atoms with Crippen molar-refractivity contribution in [2.24, 2.45) is 0 Å². The predicted octanol–water partition coefficient (Wildman–Crippen LogP) is 1.61. The Bertz CT molecular complexity index is 456. The zero-order valence-corrected chi connectivity index (χ0v) is 10.9. The van der Waals surface area contributed by atoms with Crippen LogP contribution in [0, 0.1) is 0 Å². The third kappa shape index (κ3) is 3.47. The van der Waals surface area contributed by atoms with Crippen molar-refractivity contribution in [2.75, 3.05) is 20.3 Å². The van der Waals surface area contributed by atoms with Crippen molar-refractivity contribution in [3.05, 3.63) is 24.3 Å². The highest BCUT2D eigenvalue weighted by atomic mass is 16.5. The molecule has 2 amide bonds. The Kier molecular flexibility index (Phi) is 4.39. The van der Waals surface area contributed by atoms with Crippen LogP contribution in [0.2, 0.25) is 0 Å². The van der Waals surface area contributed by atoms with Gasteiger partial charge in [-0.05, 0) is 18.6 Å². The lowest BCUT2D eigenvalue weighted by molar-refractivity contribution is -0.138. The maximum atomic E-state index is 11.4. The summed E-state index contributed by atoms with van der Waals surface area (Å²) in [5, 5.41) is 0. The fourth-order valence-corrected chi connectivity index (χ4v) is 1.98. The molecule has 1 saturated heterocycles. The lowest BCUT2D eigenvalue weighted by Crippen LogP contribution is -2.30. The fraction of sp³-hybridized carbons (Fsp3) is 0.429. The lowest BCUT2D eigenvalue weighted by atomic mass is 10.3. The molecule has 0 unspecified atom stereocenters. The monoisotopic (exact) mass is 263 g/mol. The van der Waals surface area contributed by atoms with E-state index < -0.39 is 0 Å². The molecular weight excluding hydrogens is 246 g/mol. The number of rotatable bonds is 6. The SMILES string of the molecule is COc1cccc(OCCCN2C(=O)CCC2=O)c1. The number of imide groups is 1. The number of methoxy groups -OCH3 is 1. The largest absolute Gasteiger partial charge is 0.497 e. The lowest BCUT2D eigenvalue weighted by Gasteiger charge is -2.13. The average molecular weight is 263 g/mol. The van der Waals surface area contributed by atoms with Crippen LogP contribution in [0.25, 0.3) is 0 Å². The molecule has 0 atom stereocenters. The maximum absolute atomic E-state index is 11.4. The summed E-state index contributed by atoms with van der Waals surface area (Å²) >= 11 is 0. The molecule has 5 nitrogen and oxygen atoms in total. The molecule has 0 aliphatic carbocycles. The van der Waals surface area contributed by atoms with Crippen molar-refractivity contribution in [1.29, 1.82) is 0 Å². The summed E-state index contributed by atoms with van der Waals surface area (Å²) in [6.07, 6.45) is 1.32. The molecule has 0 radical (unpaired) electrons. The van der Waals surface area contributed by atoms with E-state index in [1.807, 2.05) is 18.2 Å². The number of likely N-dealkylation sites (tertiary alicyclic amines) is 1. The van der Waals surface area contributed by atoms with Gasteiger partial charge in [-0.1, -0.05) is 6.07 Å². The molecule has 1 aromatic carbocycles. The van der Waals surface area contributed by atoms with Gasteiger partial charge in [-0.3, -0.25) is 14.5 Å². The molecule has 1 fully saturated rings. The quantitative estimate of drug-likeness (QED) is 0.578. The van der Waals surface area contributed by atoms with E-state index in [9.17, 15) is 9.59 Å². The van der Waals surface area contributed by atoms with Crippen molar-refractivity contribution >= 4 is 11.8 Å². The van der Waals surface area contributed by atoms with Crippen molar-refractivity contribution in [3.8, 4) is 11.5 Å². The van der Waals surface area contributed by atoms with Crippen LogP contribution in [-0.4, -0.2) is 37.0 Å². The molecule has 1 aliphatic heterocycles. The van der Waals surface area contributed by atoms with E-state index >= 15 is 0 Å². The normalized spacial score (nSPS) is 14.9. The van der Waals surface area contributed by atoms with Gasteiger partial charge in [0.2, 0.25) is 11.8 Å². The number of hydrogen-bond donors (Lipinski definition) is 0. The highest BCUT2D eigenvalue weighted by Crippen LogP contribution is 2.19. The number of benzene rings is 1. The Hall–Kier alpha value is -2.04. The first-order valence-electron chi connectivity index (χ1n) is 6.31. The van der Waals surface area contributed by atoms with Crippen molar-refractivity contribution < 1.29 is 19.1 Å². The van der Waals surface area contributed by atoms with Crippen LogP contribution in [0.15, 0.2) is 24.3 Å². The Morgan fingerprint density at radius 3 is 2.53 bits per heavy atom. The predicted molar refractivity (Wildman–Crippen MR) is 69.1 cm³/mol. The van der Waals surface area contributed by atoms with Gasteiger partial charge >= 0.3 is 0 Å². The van der Waals surface area contributed by atoms with Crippen LogP contribution >= 0.6 is 0 Å². The molecule has 2 rings (SSSR count). The number of ether oxygens (including phenoxy) is 2. The first-order chi connectivity index (χ1) is 9.20. The summed E-state index contributed by atoms with van der Waals surface area (Å²) in [5.74, 6) is 1.30. The molecule has 1 heterocycles. The highest BCUT2D eigenvalue weighted by molar-refractivity contribution is 6.01. The van der Waals surface area contributed by atoms with E-state index in [2.05, 4.69) is 0 Å². The summed E-state index contributed by atoms with van der Waals surface area (Å²) in [6.45, 7) is 0.895. The third-order valence-corrected chi connectivity index (χ3v) is 2.99. The Morgan fingerprint density at radius 2 is 1.84 bits per heavy atom. The van der Waals surface area contributed by atoms with Gasteiger partial charge in [0.15, 0.2) is 0 Å². The average Bonchev–Trinajstić information content (AvgIpc) is 2.75. The van der Waals surface area contributed by atoms with Crippen molar-refractivity contribution in [3.63, 3.8) is 0 Å². The van der Waals surface area contributed by atoms with Crippen LogP contribution in [0.4, 0.5) is 0 Å². The molecule has 102 valence electrons. The molecule has 0 bridgehead atoms. The van der Waals surface area contributed by atoms with Gasteiger partial charge in [-0.25, -0.2) is 0 Å². The van der Waals surface area contributed by atoms with E-state index in [0.29, 0.717) is 32.4 Å². The molecule has 5 heteroatoms. The van der Waals surface area contributed by atoms with Crippen LogP contribution in [0.5, 0.6) is 11.5 Å². The molecular formula is C14H17NO4. The molecule has 0 saturated carbocycles. The van der Waals surface area contributed by atoms with Crippen molar-refractivity contribution in [2.45, 2.75) is 19.3 Å². The van der Waals surface area contributed by atoms with E-state index in [1.54, 1.807) is 13.2 Å². The summed E-state index contributed by atoms with van der Waals surface area (Å²) in [6, 6.07) is 7.33. The van der Waals surface area contributed by atoms with E-state index in [1.165, 1.54) is 4.90 Å². The van der Waals surface area contributed by atoms with Crippen LogP contribution in [0.3, 0.4) is 0 Å². The number of hydrogen-bond acceptors (Lipinski definition) is 4. The number of carbonyl (C=O) groups excluding carboxylic acids is 2. The topological polar surface area (TPSA) is 55.8 Å². The zero-order chi connectivity index (χ0) is 13.7. The van der Waals surface area contributed by atoms with Gasteiger partial charge in [0, 0.05) is 25.5 Å². The van der Waals surface area contributed by atoms with Crippen molar-refractivity contribution in [1.82, 2.24) is 4.90 Å². The summed E-state index contributed by atoms with van der Waals surface area (Å²) in [4.78, 5) is 24.1. The Balaban J connectivity index is 1.74. The fourth-order valence-electron chi connectivity index (χ4n) is 1.98. The first kappa shape index (κ1) is 13.4. The van der Waals surface area contributed by atoms with Crippen LogP contribution in [0.1, 0.15) is 19.3 Å². The highest BCUT2D eigenvalue weighted by Gasteiger charge is 2.27. The molecule has 0 aromatic heterocycles. The standard InChI is InChI=1S/C14H17NO4/c1-18-11-4-2-5-12(10-11)19-9-3-8-15-13(16)6-7-14(15)17/h2,4-5,10H,3,6-9H2,1H3. The minimum Gasteiger partial charge on any atom is -0.497 e. The molecule has 0 spiro atoms. The van der Waals surface area contributed by atoms with E-state index in [0.717, 1.165) is 11.5 Å². The molecule has 1 aliphatic rings. The number of carbonyl (C=O) groups is 2. The van der Waals surface area contributed by atoms with Gasteiger partial charge < -0.3 is 9.47 Å². The van der Waals surface area contributed by atoms with E-state index in [-0.39, 0.29) is 11.8 Å². The maximum Gasteiger partial charge on any atom is 0.229 e. The number of nitrogens with zero attached hydrogens (tertiary/aromatic N) is 1. The van der Waals surface area contributed by atoms with Gasteiger partial charge in [-0.2, -0.15) is 0 Å². The van der Waals surface area contributed by atoms with Crippen LogP contribution < -0.4 is 9.47 Å². The summed E-state index contributed by atoms with van der Waals surface area (Å²) in [5.41, 5.74) is 0. The van der Waals surface area contributed by atoms with Crippen LogP contribution in [-0.2, 0) is 9.59 Å². The second-order valence-corrected chi connectivity index (χ2v) is 4.32. The van der Waals surface area contributed by atoms with Gasteiger partial charge in [-0.15, -0.1) is 0 Å². The number of amides is 2. The summed E-state index contributed by atoms with van der Waals surface area (Å²) < 4.78 is 10.6. The molecule has 1 aromatic rings. The minimum atomic E-state index is -0.0774. The van der Waals surface area contributed by atoms with E-state index in [4.69, 9.17) is 9.47 Å². The zero-order valence-electron chi connectivity index (χ0n) is 10.9. The Morgan fingerprint density at radius 1 is 1.16 bits per heavy atom. The second kappa shape index (κ2) is 6.22. The first-order valence-corrected chi connectivity index (χ1v) is 6.31. The third-order valence-electron chi connectivity index (χ3n) is 2.99. The van der Waals surface area contributed by atoms with Gasteiger partial charge in [0.25, 0.3) is 0 Å². The Labute approximate surface area is 112 Å². The van der Waals surface area contributed by atoms with Gasteiger partial charge in [0.1, 0.15) is 11.5 Å². The van der Waals surface area contributed by atoms with Gasteiger partial charge in [0.05, 0.1) is 13.7 Å². The molecule has 0 N–H and O–H groups in total.